The average Bonchev–Trinajstić information content (AvgIpc) is 3.05. The van der Waals surface area contributed by atoms with Crippen molar-refractivity contribution in [1.29, 1.82) is 0 Å². The molecule has 2 aromatic rings. The summed E-state index contributed by atoms with van der Waals surface area (Å²) in [4.78, 5) is 29.2. The van der Waals surface area contributed by atoms with Gasteiger partial charge in [0.1, 0.15) is 10.7 Å². The van der Waals surface area contributed by atoms with E-state index in [-0.39, 0.29) is 5.91 Å². The minimum absolute atomic E-state index is 0.300. The van der Waals surface area contributed by atoms with Gasteiger partial charge >= 0.3 is 5.97 Å². The first kappa shape index (κ1) is 15.7. The second kappa shape index (κ2) is 6.82. The highest BCUT2D eigenvalue weighted by Crippen LogP contribution is 2.29. The molecule has 21 heavy (non-hydrogen) atoms. The van der Waals surface area contributed by atoms with E-state index >= 15 is 0 Å². The minimum Gasteiger partial charge on any atom is -0.462 e. The van der Waals surface area contributed by atoms with Crippen molar-refractivity contribution in [2.45, 2.75) is 27.2 Å². The van der Waals surface area contributed by atoms with Crippen molar-refractivity contribution in [3.05, 3.63) is 32.6 Å². The van der Waals surface area contributed by atoms with E-state index in [0.717, 1.165) is 16.3 Å². The monoisotopic (exact) mass is 324 g/mol. The normalized spacial score (nSPS) is 10.4. The number of ether oxygens (including phenoxy) is 1. The van der Waals surface area contributed by atoms with E-state index in [9.17, 15) is 9.59 Å². The van der Waals surface area contributed by atoms with Gasteiger partial charge in [0.15, 0.2) is 0 Å². The molecule has 1 N–H and O–H groups in total. The first-order chi connectivity index (χ1) is 10.0. The molecule has 2 heterocycles. The third-order valence-electron chi connectivity index (χ3n) is 2.71. The third-order valence-corrected chi connectivity index (χ3v) is 4.67. The predicted molar refractivity (Wildman–Crippen MR) is 84.5 cm³/mol. The molecule has 1 amide bonds. The number of nitrogens with zero attached hydrogens (tertiary/aromatic N) is 1. The Hall–Kier alpha value is -1.73. The molecular weight excluding hydrogens is 308 g/mol. The highest BCUT2D eigenvalue weighted by atomic mass is 32.1. The van der Waals surface area contributed by atoms with Crippen LogP contribution in [-0.2, 0) is 11.2 Å². The molecule has 0 bridgehead atoms. The van der Waals surface area contributed by atoms with Gasteiger partial charge < -0.3 is 10.1 Å². The van der Waals surface area contributed by atoms with Crippen LogP contribution in [0, 0.1) is 6.92 Å². The van der Waals surface area contributed by atoms with Crippen LogP contribution >= 0.6 is 22.7 Å². The van der Waals surface area contributed by atoms with E-state index in [1.807, 2.05) is 13.8 Å². The molecule has 0 unspecified atom stereocenters. The molecule has 2 aromatic heterocycles. The summed E-state index contributed by atoms with van der Waals surface area (Å²) in [5, 5.41) is 5.79. The largest absolute Gasteiger partial charge is 0.462 e. The van der Waals surface area contributed by atoms with E-state index in [4.69, 9.17) is 4.74 Å². The van der Waals surface area contributed by atoms with Gasteiger partial charge in [0.05, 0.1) is 17.2 Å². The molecule has 2 rings (SSSR count). The van der Waals surface area contributed by atoms with Crippen molar-refractivity contribution in [1.82, 2.24) is 4.98 Å². The molecule has 0 aliphatic heterocycles. The SMILES string of the molecule is CCOC(=O)c1cc(CC)sc1NC(=O)c1csc(C)n1. The molecule has 0 fully saturated rings. The lowest BCUT2D eigenvalue weighted by Crippen LogP contribution is -2.14. The molecule has 0 radical (unpaired) electrons. The summed E-state index contributed by atoms with van der Waals surface area (Å²) in [5.74, 6) is -0.729. The Kier molecular flexibility index (Phi) is 5.08. The van der Waals surface area contributed by atoms with Gasteiger partial charge in [0.2, 0.25) is 0 Å². The summed E-state index contributed by atoms with van der Waals surface area (Å²) in [6.45, 7) is 5.89. The number of thiophene rings is 1. The van der Waals surface area contributed by atoms with Crippen molar-refractivity contribution in [2.75, 3.05) is 11.9 Å². The zero-order valence-corrected chi connectivity index (χ0v) is 13.7. The zero-order chi connectivity index (χ0) is 15.4. The predicted octanol–water partition coefficient (Wildman–Crippen LogP) is 3.50. The van der Waals surface area contributed by atoms with E-state index in [2.05, 4.69) is 10.3 Å². The number of aryl methyl sites for hydroxylation is 2. The zero-order valence-electron chi connectivity index (χ0n) is 12.1. The number of carbonyl (C=O) groups excluding carboxylic acids is 2. The molecule has 0 aromatic carbocycles. The molecule has 7 heteroatoms. The average molecular weight is 324 g/mol. The van der Waals surface area contributed by atoms with Crippen LogP contribution < -0.4 is 5.32 Å². The number of nitrogens with one attached hydrogen (secondary N) is 1. The lowest BCUT2D eigenvalue weighted by atomic mass is 10.2. The molecule has 0 aliphatic carbocycles. The van der Waals surface area contributed by atoms with Crippen molar-refractivity contribution in [3.63, 3.8) is 0 Å². The second-order valence-electron chi connectivity index (χ2n) is 4.24. The van der Waals surface area contributed by atoms with Gasteiger partial charge in [-0.05, 0) is 26.3 Å². The van der Waals surface area contributed by atoms with Gasteiger partial charge in [-0.1, -0.05) is 6.92 Å². The summed E-state index contributed by atoms with van der Waals surface area (Å²) in [6, 6.07) is 1.77. The van der Waals surface area contributed by atoms with E-state index in [0.29, 0.717) is 22.9 Å². The number of rotatable bonds is 5. The van der Waals surface area contributed by atoms with Crippen LogP contribution in [0.5, 0.6) is 0 Å². The van der Waals surface area contributed by atoms with Crippen molar-refractivity contribution < 1.29 is 14.3 Å². The highest BCUT2D eigenvalue weighted by molar-refractivity contribution is 7.16. The maximum absolute atomic E-state index is 12.1. The molecule has 0 atom stereocenters. The smallest absolute Gasteiger partial charge is 0.341 e. The first-order valence-electron chi connectivity index (χ1n) is 6.58. The van der Waals surface area contributed by atoms with Crippen molar-refractivity contribution in [2.24, 2.45) is 0 Å². The Morgan fingerprint density at radius 3 is 2.71 bits per heavy atom. The molecule has 0 spiro atoms. The van der Waals surface area contributed by atoms with Crippen LogP contribution in [0.1, 0.15) is 44.6 Å². The Bertz CT molecular complexity index is 661. The number of amides is 1. The van der Waals surface area contributed by atoms with Gasteiger partial charge in [-0.3, -0.25) is 4.79 Å². The van der Waals surface area contributed by atoms with Crippen LogP contribution in [0.2, 0.25) is 0 Å². The number of anilines is 1. The minimum atomic E-state index is -0.418. The molecule has 5 nitrogen and oxygen atoms in total. The first-order valence-corrected chi connectivity index (χ1v) is 8.28. The van der Waals surface area contributed by atoms with Crippen LogP contribution in [0.25, 0.3) is 0 Å². The maximum Gasteiger partial charge on any atom is 0.341 e. The summed E-state index contributed by atoms with van der Waals surface area (Å²) in [7, 11) is 0. The van der Waals surface area contributed by atoms with Gasteiger partial charge in [-0.25, -0.2) is 9.78 Å². The number of thiazole rings is 1. The second-order valence-corrected chi connectivity index (χ2v) is 6.43. The fraction of sp³-hybridized carbons (Fsp3) is 0.357. The summed E-state index contributed by atoms with van der Waals surface area (Å²) >= 11 is 2.80. The van der Waals surface area contributed by atoms with E-state index in [1.54, 1.807) is 18.4 Å². The lowest BCUT2D eigenvalue weighted by Gasteiger charge is -2.04. The van der Waals surface area contributed by atoms with Gasteiger partial charge in [0, 0.05) is 10.3 Å². The Morgan fingerprint density at radius 2 is 2.14 bits per heavy atom. The topological polar surface area (TPSA) is 68.3 Å². The Morgan fingerprint density at radius 1 is 1.38 bits per heavy atom. The van der Waals surface area contributed by atoms with E-state index < -0.39 is 5.97 Å². The number of aromatic nitrogens is 1. The summed E-state index contributed by atoms with van der Waals surface area (Å²) in [6.07, 6.45) is 0.794. The Labute approximate surface area is 131 Å². The van der Waals surface area contributed by atoms with Gasteiger partial charge in [-0.2, -0.15) is 0 Å². The van der Waals surface area contributed by atoms with Gasteiger partial charge in [0.25, 0.3) is 5.91 Å². The van der Waals surface area contributed by atoms with Crippen LogP contribution in [0.4, 0.5) is 5.00 Å². The molecule has 112 valence electrons. The lowest BCUT2D eigenvalue weighted by molar-refractivity contribution is 0.0528. The number of hydrogen-bond donors (Lipinski definition) is 1. The third kappa shape index (κ3) is 3.68. The fourth-order valence-electron chi connectivity index (χ4n) is 1.70. The Balaban J connectivity index is 2.24. The number of carbonyl (C=O) groups is 2. The quantitative estimate of drug-likeness (QED) is 0.855. The number of hydrogen-bond acceptors (Lipinski definition) is 6. The highest BCUT2D eigenvalue weighted by Gasteiger charge is 2.20. The van der Waals surface area contributed by atoms with Crippen LogP contribution in [0.15, 0.2) is 11.4 Å². The van der Waals surface area contributed by atoms with Crippen molar-refractivity contribution in [3.8, 4) is 0 Å². The van der Waals surface area contributed by atoms with E-state index in [1.165, 1.54) is 22.7 Å². The van der Waals surface area contributed by atoms with Crippen molar-refractivity contribution >= 4 is 39.6 Å². The summed E-state index contributed by atoms with van der Waals surface area (Å²) in [5.41, 5.74) is 0.762. The van der Waals surface area contributed by atoms with Gasteiger partial charge in [-0.15, -0.1) is 22.7 Å². The standard InChI is InChI=1S/C14H16N2O3S2/c1-4-9-6-10(14(18)19-5-2)13(21-9)16-12(17)11-7-20-8(3)15-11/h6-7H,4-5H2,1-3H3,(H,16,17). The molecule has 0 aliphatic rings. The number of esters is 1. The van der Waals surface area contributed by atoms with Crippen LogP contribution in [0.3, 0.4) is 0 Å². The molecule has 0 saturated heterocycles. The molecule has 0 saturated carbocycles. The van der Waals surface area contributed by atoms with Crippen LogP contribution in [-0.4, -0.2) is 23.5 Å². The molecular formula is C14H16N2O3S2. The maximum atomic E-state index is 12.1. The fourth-order valence-corrected chi connectivity index (χ4v) is 3.28. The summed E-state index contributed by atoms with van der Waals surface area (Å²) < 4.78 is 5.02.